The lowest BCUT2D eigenvalue weighted by Gasteiger charge is -2.50. The van der Waals surface area contributed by atoms with E-state index in [1.54, 1.807) is 18.2 Å². The van der Waals surface area contributed by atoms with Crippen molar-refractivity contribution in [3.05, 3.63) is 35.4 Å². The van der Waals surface area contributed by atoms with Gasteiger partial charge in [0.15, 0.2) is 5.41 Å². The molecule has 0 radical (unpaired) electrons. The van der Waals surface area contributed by atoms with E-state index in [9.17, 15) is 34.5 Å². The minimum absolute atomic E-state index is 0.143. The summed E-state index contributed by atoms with van der Waals surface area (Å²) in [5.74, 6) is -8.06. The molecular formula is C17H18O8. The minimum Gasteiger partial charge on any atom is -0.481 e. The van der Waals surface area contributed by atoms with E-state index in [4.69, 9.17) is 5.11 Å². The molecule has 0 aliphatic heterocycles. The highest BCUT2D eigenvalue weighted by Gasteiger charge is 2.67. The van der Waals surface area contributed by atoms with Gasteiger partial charge in [-0.2, -0.15) is 0 Å². The maximum absolute atomic E-state index is 12.0. The monoisotopic (exact) mass is 350 g/mol. The van der Waals surface area contributed by atoms with Crippen LogP contribution in [0.3, 0.4) is 0 Å². The second-order valence-corrected chi connectivity index (χ2v) is 6.36. The zero-order chi connectivity index (χ0) is 19.0. The van der Waals surface area contributed by atoms with E-state index < -0.39 is 47.0 Å². The fraction of sp³-hybridized carbons (Fsp3) is 0.412. The maximum Gasteiger partial charge on any atom is 0.322 e. The number of hydrogen-bond donors (Lipinski definition) is 4. The molecule has 134 valence electrons. The standard InChI is InChI=1S/C17H18O8/c1-16(11(13(20)21)8-12(18)19)10-5-3-2-4-9(10)6-7-17(16,14(22)23)15(24)25/h2-5,11H,6-8H2,1H3,(H,18,19)(H,20,21)(H,22,23)(H,24,25). The van der Waals surface area contributed by atoms with Crippen LogP contribution in [-0.4, -0.2) is 44.3 Å². The number of carboxylic acid groups (broad SMARTS) is 4. The van der Waals surface area contributed by atoms with Gasteiger partial charge in [0, 0.05) is 5.41 Å². The SMILES string of the molecule is CC1(C(CC(=O)O)C(=O)O)c2ccccc2CCC1(C(=O)O)C(=O)O. The van der Waals surface area contributed by atoms with Gasteiger partial charge in [0.2, 0.25) is 0 Å². The summed E-state index contributed by atoms with van der Waals surface area (Å²) >= 11 is 0. The van der Waals surface area contributed by atoms with Crippen molar-refractivity contribution in [2.45, 2.75) is 31.6 Å². The number of carbonyl (C=O) groups is 4. The molecule has 25 heavy (non-hydrogen) atoms. The summed E-state index contributed by atoms with van der Waals surface area (Å²) in [5, 5.41) is 38.3. The Bertz CT molecular complexity index is 739. The number of rotatable bonds is 6. The van der Waals surface area contributed by atoms with Crippen molar-refractivity contribution >= 4 is 23.9 Å². The molecule has 0 saturated heterocycles. The Labute approximate surface area is 142 Å². The summed E-state index contributed by atoms with van der Waals surface area (Å²) in [7, 11) is 0. The Balaban J connectivity index is 2.87. The Morgan fingerprint density at radius 1 is 1.04 bits per heavy atom. The summed E-state index contributed by atoms with van der Waals surface area (Å²) < 4.78 is 0. The smallest absolute Gasteiger partial charge is 0.322 e. The first-order valence-electron chi connectivity index (χ1n) is 7.58. The fourth-order valence-corrected chi connectivity index (χ4v) is 4.00. The molecule has 0 bridgehead atoms. The summed E-state index contributed by atoms with van der Waals surface area (Å²) in [4.78, 5) is 47.1. The van der Waals surface area contributed by atoms with E-state index in [2.05, 4.69) is 0 Å². The highest BCUT2D eigenvalue weighted by molar-refractivity contribution is 6.02. The van der Waals surface area contributed by atoms with Crippen LogP contribution in [0.4, 0.5) is 0 Å². The van der Waals surface area contributed by atoms with Crippen LogP contribution in [0, 0.1) is 11.3 Å². The zero-order valence-electron chi connectivity index (χ0n) is 13.4. The van der Waals surface area contributed by atoms with Gasteiger partial charge in [-0.25, -0.2) is 0 Å². The quantitative estimate of drug-likeness (QED) is 0.559. The number of fused-ring (bicyclic) bond motifs is 1. The summed E-state index contributed by atoms with van der Waals surface area (Å²) in [6.45, 7) is 1.23. The van der Waals surface area contributed by atoms with Crippen LogP contribution in [0.5, 0.6) is 0 Å². The Morgan fingerprint density at radius 2 is 1.60 bits per heavy atom. The van der Waals surface area contributed by atoms with Gasteiger partial charge in [0.25, 0.3) is 0 Å². The van der Waals surface area contributed by atoms with Crippen LogP contribution in [0.25, 0.3) is 0 Å². The Hall–Kier alpha value is -2.90. The molecule has 2 unspecified atom stereocenters. The molecule has 1 aromatic rings. The minimum atomic E-state index is -2.44. The molecule has 0 heterocycles. The van der Waals surface area contributed by atoms with Crippen LogP contribution in [0.2, 0.25) is 0 Å². The summed E-state index contributed by atoms with van der Waals surface area (Å²) in [6.07, 6.45) is -1.07. The average molecular weight is 350 g/mol. The van der Waals surface area contributed by atoms with Crippen molar-refractivity contribution in [2.24, 2.45) is 11.3 Å². The van der Waals surface area contributed by atoms with Crippen LogP contribution < -0.4 is 0 Å². The van der Waals surface area contributed by atoms with Gasteiger partial charge < -0.3 is 20.4 Å². The first-order chi connectivity index (χ1) is 11.6. The molecule has 1 aliphatic rings. The van der Waals surface area contributed by atoms with E-state index in [-0.39, 0.29) is 18.4 Å². The molecule has 0 fully saturated rings. The molecule has 8 nitrogen and oxygen atoms in total. The van der Waals surface area contributed by atoms with Crippen LogP contribution in [-0.2, 0) is 31.0 Å². The first kappa shape index (κ1) is 18.4. The van der Waals surface area contributed by atoms with Gasteiger partial charge in [0.05, 0.1) is 12.3 Å². The topological polar surface area (TPSA) is 149 Å². The fourth-order valence-electron chi connectivity index (χ4n) is 4.00. The highest BCUT2D eigenvalue weighted by atomic mass is 16.4. The third-order valence-electron chi connectivity index (χ3n) is 5.34. The van der Waals surface area contributed by atoms with Gasteiger partial charge in [-0.05, 0) is 24.0 Å². The van der Waals surface area contributed by atoms with Crippen molar-refractivity contribution in [1.82, 2.24) is 0 Å². The first-order valence-corrected chi connectivity index (χ1v) is 7.58. The predicted molar refractivity (Wildman–Crippen MR) is 83.2 cm³/mol. The molecule has 8 heteroatoms. The largest absolute Gasteiger partial charge is 0.481 e. The van der Waals surface area contributed by atoms with Crippen LogP contribution >= 0.6 is 0 Å². The molecule has 0 spiro atoms. The summed E-state index contributed by atoms with van der Waals surface area (Å²) in [6, 6.07) is 6.38. The summed E-state index contributed by atoms with van der Waals surface area (Å²) in [5.41, 5.74) is -3.51. The van der Waals surface area contributed by atoms with Gasteiger partial charge >= 0.3 is 23.9 Å². The van der Waals surface area contributed by atoms with E-state index in [0.717, 1.165) is 0 Å². The van der Waals surface area contributed by atoms with Crippen molar-refractivity contribution in [3.63, 3.8) is 0 Å². The zero-order valence-corrected chi connectivity index (χ0v) is 13.4. The van der Waals surface area contributed by atoms with Crippen LogP contribution in [0.15, 0.2) is 24.3 Å². The predicted octanol–water partition coefficient (Wildman–Crippen LogP) is 1.22. The van der Waals surface area contributed by atoms with Gasteiger partial charge in [-0.15, -0.1) is 0 Å². The number of aliphatic carboxylic acids is 4. The lowest BCUT2D eigenvalue weighted by molar-refractivity contribution is -0.178. The molecule has 1 aromatic carbocycles. The van der Waals surface area contributed by atoms with Crippen molar-refractivity contribution in [1.29, 1.82) is 0 Å². The molecule has 1 aliphatic carbocycles. The lowest BCUT2D eigenvalue weighted by Crippen LogP contribution is -2.61. The molecule has 0 saturated carbocycles. The van der Waals surface area contributed by atoms with Crippen molar-refractivity contribution < 1.29 is 39.6 Å². The van der Waals surface area contributed by atoms with E-state index in [0.29, 0.717) is 5.56 Å². The molecule has 4 N–H and O–H groups in total. The molecule has 0 aromatic heterocycles. The number of carboxylic acids is 4. The van der Waals surface area contributed by atoms with Crippen molar-refractivity contribution in [2.75, 3.05) is 0 Å². The highest BCUT2D eigenvalue weighted by Crippen LogP contribution is 2.55. The second-order valence-electron chi connectivity index (χ2n) is 6.36. The third kappa shape index (κ3) is 2.54. The van der Waals surface area contributed by atoms with Gasteiger partial charge in [-0.1, -0.05) is 31.2 Å². The van der Waals surface area contributed by atoms with Crippen molar-refractivity contribution in [3.8, 4) is 0 Å². The number of aryl methyl sites for hydroxylation is 1. The van der Waals surface area contributed by atoms with Crippen LogP contribution in [0.1, 0.15) is 30.9 Å². The van der Waals surface area contributed by atoms with E-state index in [1.807, 2.05) is 0 Å². The molecule has 2 atom stereocenters. The maximum atomic E-state index is 12.0. The van der Waals surface area contributed by atoms with E-state index in [1.165, 1.54) is 13.0 Å². The number of hydrogen-bond acceptors (Lipinski definition) is 4. The van der Waals surface area contributed by atoms with Gasteiger partial charge in [0.1, 0.15) is 0 Å². The second kappa shape index (κ2) is 6.19. The van der Waals surface area contributed by atoms with E-state index >= 15 is 0 Å². The Morgan fingerprint density at radius 3 is 2.08 bits per heavy atom. The molecule has 0 amide bonds. The lowest BCUT2D eigenvalue weighted by atomic mass is 9.49. The van der Waals surface area contributed by atoms with Gasteiger partial charge in [-0.3, -0.25) is 19.2 Å². The third-order valence-corrected chi connectivity index (χ3v) is 5.34. The molecular weight excluding hydrogens is 332 g/mol. The Kier molecular flexibility index (Phi) is 4.57. The normalized spacial score (nSPS) is 22.4. The number of benzene rings is 1. The molecule has 2 rings (SSSR count). The average Bonchev–Trinajstić information content (AvgIpc) is 2.52.